The van der Waals surface area contributed by atoms with Crippen LogP contribution in [0, 0.1) is 0 Å². The van der Waals surface area contributed by atoms with Gasteiger partial charge in [0, 0.05) is 43.8 Å². The number of halogens is 3. The highest BCUT2D eigenvalue weighted by Crippen LogP contribution is 2.37. The molecule has 9 nitrogen and oxygen atoms in total. The highest BCUT2D eigenvalue weighted by Gasteiger charge is 2.52. The first-order chi connectivity index (χ1) is 17.1. The largest absolute Gasteiger partial charge is 0.422 e. The lowest BCUT2D eigenvalue weighted by Crippen LogP contribution is -2.44. The molecule has 1 fully saturated rings. The predicted octanol–water partition coefficient (Wildman–Crippen LogP) is 3.48. The number of nitrogens with zero attached hydrogens (tertiary/aromatic N) is 7. The summed E-state index contributed by atoms with van der Waals surface area (Å²) in [5.41, 5.74) is -1.35. The highest BCUT2D eigenvalue weighted by atomic mass is 19.4. The molecule has 0 aliphatic carbocycles. The number of piperazine rings is 1. The zero-order valence-electron chi connectivity index (χ0n) is 19.7. The van der Waals surface area contributed by atoms with Crippen molar-refractivity contribution in [3.63, 3.8) is 0 Å². The number of nitrogens with one attached hydrogen (secondary N) is 1. The summed E-state index contributed by atoms with van der Waals surface area (Å²) in [4.78, 5) is 17.5. The van der Waals surface area contributed by atoms with E-state index in [1.165, 1.54) is 23.0 Å². The summed E-state index contributed by atoms with van der Waals surface area (Å²) in [6.07, 6.45) is -1.81. The van der Waals surface area contributed by atoms with E-state index in [9.17, 15) is 18.3 Å². The average molecular weight is 499 g/mol. The Bertz CT molecular complexity index is 1360. The minimum Gasteiger partial charge on any atom is -0.375 e. The fourth-order valence-electron chi connectivity index (χ4n) is 3.95. The van der Waals surface area contributed by atoms with Gasteiger partial charge in [-0.2, -0.15) is 27.9 Å². The van der Waals surface area contributed by atoms with Crippen molar-refractivity contribution in [3.8, 4) is 5.82 Å². The van der Waals surface area contributed by atoms with Gasteiger partial charge in [-0.1, -0.05) is 6.07 Å². The van der Waals surface area contributed by atoms with E-state index in [-0.39, 0.29) is 5.82 Å². The molecule has 3 aromatic heterocycles. The van der Waals surface area contributed by atoms with Crippen molar-refractivity contribution in [2.75, 3.05) is 43.4 Å². The second-order valence-electron chi connectivity index (χ2n) is 8.94. The number of rotatable bonds is 5. The van der Waals surface area contributed by atoms with E-state index in [1.54, 1.807) is 6.20 Å². The summed E-state index contributed by atoms with van der Waals surface area (Å²) in [6, 6.07) is 12.0. The summed E-state index contributed by atoms with van der Waals surface area (Å²) >= 11 is 0. The van der Waals surface area contributed by atoms with E-state index < -0.39 is 17.5 Å². The third-order valence-electron chi connectivity index (χ3n) is 6.30. The van der Waals surface area contributed by atoms with Crippen LogP contribution in [0.5, 0.6) is 0 Å². The molecule has 1 atom stereocenters. The molecule has 5 rings (SSSR count). The van der Waals surface area contributed by atoms with Gasteiger partial charge >= 0.3 is 6.18 Å². The summed E-state index contributed by atoms with van der Waals surface area (Å²) in [5, 5.41) is 18.0. The Kier molecular flexibility index (Phi) is 6.00. The molecule has 1 aromatic carbocycles. The molecule has 0 radical (unpaired) electrons. The van der Waals surface area contributed by atoms with Gasteiger partial charge in [-0.15, -0.1) is 0 Å². The lowest BCUT2D eigenvalue weighted by molar-refractivity contribution is -0.260. The monoisotopic (exact) mass is 498 g/mol. The molecular formula is C24H25F3N8O. The van der Waals surface area contributed by atoms with E-state index >= 15 is 0 Å². The molecule has 0 saturated carbocycles. The van der Waals surface area contributed by atoms with Gasteiger partial charge in [0.25, 0.3) is 0 Å². The fraction of sp³-hybridized carbons (Fsp3) is 0.333. The maximum atomic E-state index is 13.3. The lowest BCUT2D eigenvalue weighted by Gasteiger charge is -2.34. The van der Waals surface area contributed by atoms with Gasteiger partial charge in [0.15, 0.2) is 17.1 Å². The number of hydrogen-bond donors (Lipinski definition) is 2. The van der Waals surface area contributed by atoms with Gasteiger partial charge in [-0.25, -0.2) is 9.97 Å². The van der Waals surface area contributed by atoms with Crippen molar-refractivity contribution in [2.45, 2.75) is 18.7 Å². The van der Waals surface area contributed by atoms with Gasteiger partial charge in [-0.05, 0) is 50.4 Å². The molecule has 0 spiro atoms. The Morgan fingerprint density at radius 2 is 1.67 bits per heavy atom. The van der Waals surface area contributed by atoms with Crippen molar-refractivity contribution in [1.82, 2.24) is 29.6 Å². The van der Waals surface area contributed by atoms with Gasteiger partial charge < -0.3 is 20.2 Å². The van der Waals surface area contributed by atoms with Crippen LogP contribution in [0.25, 0.3) is 16.9 Å². The standard InChI is InChI=1S/C24H25F3N8O/c1-23(36,24(25,26)27)19-4-3-5-20(31-19)35-21-16(15-29-35)14-28-22(32-21)30-17-6-8-18(9-7-17)34-12-10-33(2)11-13-34/h3-9,14-15,36H,10-13H2,1-2H3,(H,28,30,32). The topological polar surface area (TPSA) is 95.2 Å². The second-order valence-corrected chi connectivity index (χ2v) is 8.94. The number of pyridine rings is 1. The van der Waals surface area contributed by atoms with E-state index in [0.717, 1.165) is 43.6 Å². The van der Waals surface area contributed by atoms with Crippen LogP contribution < -0.4 is 10.2 Å². The number of anilines is 3. The Labute approximate surface area is 205 Å². The second kappa shape index (κ2) is 9.03. The fourth-order valence-corrected chi connectivity index (χ4v) is 3.95. The quantitative estimate of drug-likeness (QED) is 0.432. The van der Waals surface area contributed by atoms with Crippen LogP contribution in [0.4, 0.5) is 30.5 Å². The molecule has 4 aromatic rings. The molecule has 0 amide bonds. The SMILES string of the molecule is CN1CCN(c2ccc(Nc3ncc4cnn(-c5cccc(C(C)(O)C(F)(F)F)n5)c4n3)cc2)CC1. The molecule has 2 N–H and O–H groups in total. The molecule has 1 aliphatic rings. The maximum absolute atomic E-state index is 13.3. The summed E-state index contributed by atoms with van der Waals surface area (Å²) in [5.74, 6) is 0.392. The summed E-state index contributed by atoms with van der Waals surface area (Å²) in [7, 11) is 2.12. The average Bonchev–Trinajstić information content (AvgIpc) is 3.28. The molecule has 188 valence electrons. The van der Waals surface area contributed by atoms with Gasteiger partial charge in [0.1, 0.15) is 0 Å². The molecule has 1 saturated heterocycles. The Balaban J connectivity index is 1.39. The van der Waals surface area contributed by atoms with Gasteiger partial charge in [-0.3, -0.25) is 0 Å². The molecule has 0 bridgehead atoms. The zero-order valence-corrected chi connectivity index (χ0v) is 19.7. The number of aliphatic hydroxyl groups is 1. The third kappa shape index (κ3) is 4.56. The van der Waals surface area contributed by atoms with Crippen LogP contribution in [0.1, 0.15) is 12.6 Å². The van der Waals surface area contributed by atoms with Crippen LogP contribution in [0.3, 0.4) is 0 Å². The molecule has 1 aliphatic heterocycles. The van der Waals surface area contributed by atoms with Crippen molar-refractivity contribution >= 4 is 28.4 Å². The van der Waals surface area contributed by atoms with Crippen LogP contribution in [-0.4, -0.2) is 74.1 Å². The van der Waals surface area contributed by atoms with Crippen LogP contribution in [0.2, 0.25) is 0 Å². The lowest BCUT2D eigenvalue weighted by atomic mass is 10.0. The van der Waals surface area contributed by atoms with Crippen LogP contribution in [-0.2, 0) is 5.60 Å². The van der Waals surface area contributed by atoms with E-state index in [4.69, 9.17) is 0 Å². The number of alkyl halides is 3. The van der Waals surface area contributed by atoms with E-state index in [2.05, 4.69) is 42.2 Å². The molecule has 36 heavy (non-hydrogen) atoms. The van der Waals surface area contributed by atoms with Gasteiger partial charge in [0.2, 0.25) is 5.95 Å². The smallest absolute Gasteiger partial charge is 0.375 e. The van der Waals surface area contributed by atoms with Gasteiger partial charge in [0.05, 0.1) is 17.3 Å². The normalized spacial score (nSPS) is 16.8. The first-order valence-corrected chi connectivity index (χ1v) is 11.4. The van der Waals surface area contributed by atoms with Crippen LogP contribution in [0.15, 0.2) is 54.9 Å². The Hall–Kier alpha value is -3.77. The summed E-state index contributed by atoms with van der Waals surface area (Å²) in [6.45, 7) is 4.65. The van der Waals surface area contributed by atoms with Crippen molar-refractivity contribution in [3.05, 3.63) is 60.6 Å². The van der Waals surface area contributed by atoms with Crippen molar-refractivity contribution in [2.24, 2.45) is 0 Å². The number of hydrogen-bond acceptors (Lipinski definition) is 8. The summed E-state index contributed by atoms with van der Waals surface area (Å²) < 4.78 is 41.2. The Morgan fingerprint density at radius 3 is 2.36 bits per heavy atom. The molecule has 12 heteroatoms. The number of likely N-dealkylation sites (N-methyl/N-ethyl adjacent to an activating group) is 1. The van der Waals surface area contributed by atoms with Crippen molar-refractivity contribution < 1.29 is 18.3 Å². The van der Waals surface area contributed by atoms with Crippen LogP contribution >= 0.6 is 0 Å². The zero-order chi connectivity index (χ0) is 25.5. The molecule has 1 unspecified atom stereocenters. The predicted molar refractivity (Wildman–Crippen MR) is 130 cm³/mol. The molecular weight excluding hydrogens is 473 g/mol. The minimum atomic E-state index is -4.88. The maximum Gasteiger partial charge on any atom is 0.422 e. The number of fused-ring (bicyclic) bond motifs is 1. The first-order valence-electron chi connectivity index (χ1n) is 11.4. The highest BCUT2D eigenvalue weighted by molar-refractivity contribution is 5.76. The number of aromatic nitrogens is 5. The Morgan fingerprint density at radius 1 is 0.944 bits per heavy atom. The minimum absolute atomic E-state index is 0.0909. The molecule has 4 heterocycles. The number of benzene rings is 1. The van der Waals surface area contributed by atoms with Crippen molar-refractivity contribution in [1.29, 1.82) is 0 Å². The van der Waals surface area contributed by atoms with E-state index in [0.29, 0.717) is 23.9 Å². The first kappa shape index (κ1) is 23.9. The van der Waals surface area contributed by atoms with E-state index in [1.807, 2.05) is 24.3 Å². The third-order valence-corrected chi connectivity index (χ3v) is 6.30.